The van der Waals surface area contributed by atoms with Crippen LogP contribution in [-0.2, 0) is 15.7 Å². The van der Waals surface area contributed by atoms with Crippen LogP contribution in [0.15, 0.2) is 12.4 Å². The highest BCUT2D eigenvalue weighted by Crippen LogP contribution is 2.35. The summed E-state index contributed by atoms with van der Waals surface area (Å²) >= 11 is 0. The lowest BCUT2D eigenvalue weighted by molar-refractivity contribution is -0.145. The molecule has 0 bridgehead atoms. The fourth-order valence-electron chi connectivity index (χ4n) is 4.36. The van der Waals surface area contributed by atoms with Crippen LogP contribution in [0.1, 0.15) is 52.1 Å². The van der Waals surface area contributed by atoms with Gasteiger partial charge in [-0.05, 0) is 34.6 Å². The second-order valence-electron chi connectivity index (χ2n) is 10.1. The third-order valence-corrected chi connectivity index (χ3v) is 5.94. The fourth-order valence-corrected chi connectivity index (χ4v) is 4.36. The Balaban J connectivity index is 1.39. The normalized spacial score (nSPS) is 22.9. The summed E-state index contributed by atoms with van der Waals surface area (Å²) in [5.41, 5.74) is 0.772. The van der Waals surface area contributed by atoms with Gasteiger partial charge in [0.25, 0.3) is 0 Å². The lowest BCUT2D eigenvalue weighted by Crippen LogP contribution is -2.54. The summed E-state index contributed by atoms with van der Waals surface area (Å²) in [6.07, 6.45) is -1.91. The number of carbonyl (C=O) groups excluding carboxylic acids is 1. The predicted molar refractivity (Wildman–Crippen MR) is 126 cm³/mol. The van der Waals surface area contributed by atoms with Gasteiger partial charge < -0.3 is 25.0 Å². The van der Waals surface area contributed by atoms with Crippen molar-refractivity contribution >= 4 is 23.4 Å². The number of halogens is 3. The molecule has 36 heavy (non-hydrogen) atoms. The van der Waals surface area contributed by atoms with Crippen LogP contribution in [0.4, 0.5) is 30.6 Å². The van der Waals surface area contributed by atoms with Crippen LogP contribution in [0, 0.1) is 6.92 Å². The van der Waals surface area contributed by atoms with E-state index in [9.17, 15) is 18.0 Å². The summed E-state index contributed by atoms with van der Waals surface area (Å²) in [6.45, 7) is 9.47. The molecule has 1 fully saturated rings. The monoisotopic (exact) mass is 509 g/mol. The van der Waals surface area contributed by atoms with Crippen molar-refractivity contribution in [3.63, 3.8) is 0 Å². The molecule has 2 aromatic heterocycles. The van der Waals surface area contributed by atoms with Gasteiger partial charge in [0.05, 0.1) is 29.8 Å². The molecule has 1 saturated carbocycles. The van der Waals surface area contributed by atoms with Crippen LogP contribution in [0.25, 0.3) is 0 Å². The molecule has 2 aromatic rings. The van der Waals surface area contributed by atoms with E-state index in [1.165, 1.54) is 0 Å². The number of anilines is 3. The summed E-state index contributed by atoms with van der Waals surface area (Å²) in [4.78, 5) is 30.4. The topological polar surface area (TPSA) is 114 Å². The molecule has 0 saturated heterocycles. The SMILES string of the molecule is Cc1nc(NC2CC(Oc3cnc(C(F)(F)F)nc3)C2)nc2c1NC(=O)C([C@@H](C)OC(C)(C)C)N2C. The minimum atomic E-state index is -4.59. The van der Waals surface area contributed by atoms with Gasteiger partial charge in [-0.15, -0.1) is 0 Å². The van der Waals surface area contributed by atoms with E-state index in [0.717, 1.165) is 12.4 Å². The standard InChI is InChI=1S/C23H30F3N7O3/c1-11-16-18(33(6)17(19(34)31-16)12(2)36-22(3,4)5)32-21(29-11)30-13-7-14(8-13)35-15-9-27-20(28-10-15)23(24,25)26/h9-10,12-14,17H,7-8H2,1-6H3,(H,31,34)(H,29,30,32)/t12-,13?,14?,17?/m1/s1. The van der Waals surface area contributed by atoms with E-state index < -0.39 is 23.6 Å². The fraction of sp³-hybridized carbons (Fsp3) is 0.609. The van der Waals surface area contributed by atoms with Gasteiger partial charge in [0.15, 0.2) is 11.6 Å². The minimum absolute atomic E-state index is 0.0187. The summed E-state index contributed by atoms with van der Waals surface area (Å²) in [6, 6.07) is -0.545. The highest BCUT2D eigenvalue weighted by atomic mass is 19.4. The summed E-state index contributed by atoms with van der Waals surface area (Å²) in [5, 5.41) is 6.19. The summed E-state index contributed by atoms with van der Waals surface area (Å²) in [5.74, 6) is -0.194. The molecule has 13 heteroatoms. The molecule has 1 amide bonds. The van der Waals surface area contributed by atoms with E-state index >= 15 is 0 Å². The molecule has 2 N–H and O–H groups in total. The highest BCUT2D eigenvalue weighted by molar-refractivity contribution is 6.03. The van der Waals surface area contributed by atoms with Crippen molar-refractivity contribution < 1.29 is 27.4 Å². The first-order chi connectivity index (χ1) is 16.7. The molecular weight excluding hydrogens is 479 g/mol. The second-order valence-corrected chi connectivity index (χ2v) is 10.1. The van der Waals surface area contributed by atoms with Gasteiger partial charge in [-0.1, -0.05) is 0 Å². The quantitative estimate of drug-likeness (QED) is 0.603. The van der Waals surface area contributed by atoms with Gasteiger partial charge in [0.1, 0.15) is 17.8 Å². The zero-order chi connectivity index (χ0) is 26.4. The molecule has 1 aliphatic heterocycles. The number of hydrogen-bond acceptors (Lipinski definition) is 9. The van der Waals surface area contributed by atoms with Crippen LogP contribution < -0.4 is 20.3 Å². The number of aryl methyl sites for hydroxylation is 1. The van der Waals surface area contributed by atoms with E-state index in [1.54, 1.807) is 14.0 Å². The van der Waals surface area contributed by atoms with Gasteiger partial charge in [-0.2, -0.15) is 18.2 Å². The predicted octanol–water partition coefficient (Wildman–Crippen LogP) is 3.58. The molecule has 2 aliphatic rings. The number of rotatable bonds is 6. The van der Waals surface area contributed by atoms with E-state index in [-0.39, 0.29) is 29.9 Å². The molecule has 4 rings (SSSR count). The van der Waals surface area contributed by atoms with Crippen molar-refractivity contribution in [1.82, 2.24) is 19.9 Å². The number of amides is 1. The number of alkyl halides is 3. The Morgan fingerprint density at radius 2 is 1.81 bits per heavy atom. The van der Waals surface area contributed by atoms with Crippen LogP contribution in [0.2, 0.25) is 0 Å². The van der Waals surface area contributed by atoms with Gasteiger partial charge in [0, 0.05) is 25.9 Å². The first-order valence-electron chi connectivity index (χ1n) is 11.6. The maximum absolute atomic E-state index is 12.8. The number of nitrogens with one attached hydrogen (secondary N) is 2. The van der Waals surface area contributed by atoms with Gasteiger partial charge in [-0.25, -0.2) is 15.0 Å². The van der Waals surface area contributed by atoms with Crippen LogP contribution in [-0.4, -0.2) is 62.8 Å². The Bertz CT molecular complexity index is 1120. The summed E-state index contributed by atoms with van der Waals surface area (Å²) < 4.78 is 49.5. The number of likely N-dealkylation sites (N-methyl/N-ethyl adjacent to an activating group) is 1. The Morgan fingerprint density at radius 1 is 1.17 bits per heavy atom. The van der Waals surface area contributed by atoms with E-state index in [2.05, 4.69) is 30.6 Å². The lowest BCUT2D eigenvalue weighted by atomic mass is 9.89. The number of fused-ring (bicyclic) bond motifs is 1. The summed E-state index contributed by atoms with van der Waals surface area (Å²) in [7, 11) is 1.81. The molecule has 3 heterocycles. The maximum atomic E-state index is 12.8. The van der Waals surface area contributed by atoms with Gasteiger partial charge >= 0.3 is 6.18 Å². The average Bonchev–Trinajstić information content (AvgIpc) is 2.71. The zero-order valence-electron chi connectivity index (χ0n) is 21.0. The lowest BCUT2D eigenvalue weighted by Gasteiger charge is -2.40. The van der Waals surface area contributed by atoms with Crippen LogP contribution >= 0.6 is 0 Å². The van der Waals surface area contributed by atoms with Crippen molar-refractivity contribution in [2.24, 2.45) is 0 Å². The van der Waals surface area contributed by atoms with Crippen molar-refractivity contribution in [1.29, 1.82) is 0 Å². The molecule has 1 aliphatic carbocycles. The Labute approximate surface area is 207 Å². The van der Waals surface area contributed by atoms with Crippen LogP contribution in [0.5, 0.6) is 5.75 Å². The largest absolute Gasteiger partial charge is 0.487 e. The third-order valence-electron chi connectivity index (χ3n) is 5.94. The molecule has 0 radical (unpaired) electrons. The molecule has 0 aromatic carbocycles. The van der Waals surface area contributed by atoms with E-state index in [0.29, 0.717) is 36.0 Å². The van der Waals surface area contributed by atoms with Crippen molar-refractivity contribution in [2.45, 2.75) is 83.5 Å². The molecular formula is C23H30F3N7O3. The van der Waals surface area contributed by atoms with Gasteiger partial charge in [0.2, 0.25) is 17.7 Å². The third kappa shape index (κ3) is 5.61. The highest BCUT2D eigenvalue weighted by Gasteiger charge is 2.40. The number of nitrogens with zero attached hydrogens (tertiary/aromatic N) is 5. The second kappa shape index (κ2) is 9.34. The van der Waals surface area contributed by atoms with Crippen molar-refractivity contribution in [3.8, 4) is 5.75 Å². The Hall–Kier alpha value is -3.22. The van der Waals surface area contributed by atoms with Gasteiger partial charge in [-0.3, -0.25) is 4.79 Å². The van der Waals surface area contributed by atoms with Crippen molar-refractivity contribution in [2.75, 3.05) is 22.6 Å². The minimum Gasteiger partial charge on any atom is -0.487 e. The first-order valence-corrected chi connectivity index (χ1v) is 11.6. The Kier molecular flexibility index (Phi) is 6.71. The average molecular weight is 510 g/mol. The molecule has 1 unspecified atom stereocenters. The van der Waals surface area contributed by atoms with E-state index in [4.69, 9.17) is 9.47 Å². The van der Waals surface area contributed by atoms with Crippen molar-refractivity contribution in [3.05, 3.63) is 23.9 Å². The number of carbonyl (C=O) groups is 1. The Morgan fingerprint density at radius 3 is 2.39 bits per heavy atom. The zero-order valence-corrected chi connectivity index (χ0v) is 21.0. The number of hydrogen-bond donors (Lipinski definition) is 2. The first kappa shape index (κ1) is 25.9. The maximum Gasteiger partial charge on any atom is 0.451 e. The molecule has 2 atom stereocenters. The molecule has 10 nitrogen and oxygen atoms in total. The van der Waals surface area contributed by atoms with E-state index in [1.807, 2.05) is 32.6 Å². The number of ether oxygens (including phenoxy) is 2. The molecule has 196 valence electrons. The molecule has 0 spiro atoms. The van der Waals surface area contributed by atoms with Crippen LogP contribution in [0.3, 0.4) is 0 Å². The smallest absolute Gasteiger partial charge is 0.451 e. The number of aromatic nitrogens is 4.